The molecule has 7 aromatic rings. The number of hydrogen-bond acceptors (Lipinski definition) is 4. The molecule has 2 heterocycles. The molecule has 7 aromatic carbocycles. The standard InChI is InChI=1S/C38H22N2O4.C2H6.2CH3.2Fm/c41-35-27-15-11-23-25-13-17-29-34-30(38(44)40(37(29)43)20-22-9-5-2-6-10-22)18-14-26(32(25)34)24-12-16-28(33(27)31(23)24)36(42)39(35)19-21-7-3-1-4-8-21;1-2;;;;/h1-18H,19-20H2;1-2H3;2*1H3;;/q;;2*-1;;. The maximum atomic E-state index is 13.8. The molecule has 0 saturated carbocycles. The van der Waals surface area contributed by atoms with Gasteiger partial charge in [0.05, 0.1) is 13.1 Å². The molecule has 9 rings (SSSR count). The molecular formula is C42H34Fm2N2O4-2. The van der Waals surface area contributed by atoms with E-state index in [9.17, 15) is 19.2 Å². The maximum absolute atomic E-state index is 13.8. The summed E-state index contributed by atoms with van der Waals surface area (Å²) in [4.78, 5) is 57.7. The van der Waals surface area contributed by atoms with Gasteiger partial charge < -0.3 is 14.9 Å². The van der Waals surface area contributed by atoms with Gasteiger partial charge in [-0.3, -0.25) is 29.0 Å². The number of benzene rings is 7. The molecule has 0 aromatic heterocycles. The average molecular weight is 1140 g/mol. The van der Waals surface area contributed by atoms with Crippen molar-refractivity contribution in [2.24, 2.45) is 0 Å². The van der Waals surface area contributed by atoms with Crippen molar-refractivity contribution in [1.82, 2.24) is 9.80 Å². The third-order valence-corrected chi connectivity index (χ3v) is 9.17. The fourth-order valence-corrected chi connectivity index (χ4v) is 7.19. The van der Waals surface area contributed by atoms with E-state index in [1.807, 2.05) is 98.8 Å². The van der Waals surface area contributed by atoms with Crippen molar-refractivity contribution in [3.05, 3.63) is 157 Å². The van der Waals surface area contributed by atoms with E-state index in [-0.39, 0.29) is 51.6 Å². The SMILES string of the molecule is CC.O=C1c2ccc3c4ccc5c6c(ccc(c7ccc(c2c37)C(=O)N1Cc1ccccc1)c64)C(=O)N(Cc1ccccc1)C5=O.[CH3-].[CH3-].[Fm].[Fm]. The van der Waals surface area contributed by atoms with Crippen LogP contribution in [0.4, 0.5) is 0 Å². The fraction of sp³-hybridized carbons (Fsp3) is 0.0952. The Morgan fingerprint density at radius 1 is 0.380 bits per heavy atom. The number of nitrogens with zero attached hydrogens (tertiary/aromatic N) is 2. The van der Waals surface area contributed by atoms with E-state index in [1.54, 1.807) is 24.3 Å². The quantitative estimate of drug-likeness (QED) is 0.0763. The zero-order valence-electron chi connectivity index (χ0n) is 27.9. The van der Waals surface area contributed by atoms with Gasteiger partial charge in [0.25, 0.3) is 23.6 Å². The zero-order valence-corrected chi connectivity index (χ0v) is 32.7. The third-order valence-electron chi connectivity index (χ3n) is 9.17. The molecule has 0 radical (unpaired) electrons. The summed E-state index contributed by atoms with van der Waals surface area (Å²) in [5.41, 5.74) is 3.73. The van der Waals surface area contributed by atoms with Crippen LogP contribution in [0, 0.1) is 14.9 Å². The van der Waals surface area contributed by atoms with Crippen molar-refractivity contribution < 1.29 is 19.2 Å². The number of fused-ring (bicyclic) bond motifs is 2. The van der Waals surface area contributed by atoms with Crippen LogP contribution in [-0.4, -0.2) is 33.4 Å². The molecule has 0 spiro atoms. The first-order chi connectivity index (χ1) is 22.5. The van der Waals surface area contributed by atoms with E-state index in [0.717, 1.165) is 43.4 Å². The summed E-state index contributed by atoms with van der Waals surface area (Å²) in [6, 6.07) is 33.9. The first-order valence-corrected chi connectivity index (χ1v) is 15.5. The molecule has 2 aliphatic rings. The summed E-state index contributed by atoms with van der Waals surface area (Å²) in [5.74, 6) is -1.27. The summed E-state index contributed by atoms with van der Waals surface area (Å²) >= 11 is 0. The van der Waals surface area contributed by atoms with Crippen LogP contribution in [0.5, 0.6) is 0 Å². The molecule has 0 saturated heterocycles. The van der Waals surface area contributed by atoms with Gasteiger partial charge in [-0.15, -0.1) is 0 Å². The monoisotopic (exact) mass is 1140 g/mol. The number of hydrogen-bond donors (Lipinski definition) is 0. The molecule has 50 heavy (non-hydrogen) atoms. The maximum Gasteiger partial charge on any atom is 0.261 e. The molecule has 2 aliphatic heterocycles. The second kappa shape index (κ2) is 12.7. The Morgan fingerprint density at radius 2 is 0.640 bits per heavy atom. The summed E-state index contributed by atoms with van der Waals surface area (Å²) in [5, 5.41) is 6.49. The molecule has 0 bridgehead atoms. The van der Waals surface area contributed by atoms with Gasteiger partial charge in [-0.05, 0) is 67.7 Å². The van der Waals surface area contributed by atoms with Crippen molar-refractivity contribution in [2.75, 3.05) is 0 Å². The van der Waals surface area contributed by atoms with Gasteiger partial charge in [-0.25, -0.2) is 0 Å². The van der Waals surface area contributed by atoms with Gasteiger partial charge in [0.1, 0.15) is 0 Å². The van der Waals surface area contributed by atoms with Crippen LogP contribution in [-0.2, 0) is 13.1 Å². The van der Waals surface area contributed by atoms with E-state index in [2.05, 4.69) is 0 Å². The Kier molecular flexibility index (Phi) is 8.90. The Hall–Kier alpha value is -7.88. The van der Waals surface area contributed by atoms with Gasteiger partial charge in [0, 0.05) is 33.0 Å². The van der Waals surface area contributed by atoms with Crippen LogP contribution >= 0.6 is 0 Å². The Labute approximate surface area is 279 Å². The van der Waals surface area contributed by atoms with Crippen molar-refractivity contribution in [1.29, 1.82) is 0 Å². The molecule has 0 N–H and O–H groups in total. The first-order valence-electron chi connectivity index (χ1n) is 15.5. The number of amides is 4. The average Bonchev–Trinajstić information content (AvgIpc) is 3.11. The second-order valence-corrected chi connectivity index (χ2v) is 11.5. The third kappa shape index (κ3) is 4.55. The number of carbonyl (C=O) groups excluding carboxylic acids is 4. The summed E-state index contributed by atoms with van der Waals surface area (Å²) < 4.78 is 0. The summed E-state index contributed by atoms with van der Waals surface area (Å²) in [6.07, 6.45) is 0. The van der Waals surface area contributed by atoms with Crippen LogP contribution in [0.15, 0.2) is 109 Å². The molecule has 4 amide bonds. The molecule has 0 atom stereocenters. The smallest absolute Gasteiger partial charge is 0.261 e. The molecule has 8 heteroatoms. The predicted octanol–water partition coefficient (Wildman–Crippen LogP) is 9.26. The largest absolute Gasteiger partial charge is 0.358 e. The van der Waals surface area contributed by atoms with Crippen LogP contribution in [0.25, 0.3) is 43.1 Å². The van der Waals surface area contributed by atoms with Gasteiger partial charge in [-0.2, -0.15) is 0 Å². The molecule has 0 aliphatic carbocycles. The van der Waals surface area contributed by atoms with Gasteiger partial charge in [0.15, 0.2) is 0 Å². The van der Waals surface area contributed by atoms with Crippen LogP contribution in [0.3, 0.4) is 0 Å². The molecule has 0 fully saturated rings. The van der Waals surface area contributed by atoms with Gasteiger partial charge in [-0.1, -0.05) is 98.8 Å². The Balaban J connectivity index is 0.000000921. The fourth-order valence-electron chi connectivity index (χ4n) is 7.19. The van der Waals surface area contributed by atoms with Crippen molar-refractivity contribution in [2.45, 2.75) is 26.9 Å². The van der Waals surface area contributed by atoms with Crippen LogP contribution in [0.2, 0.25) is 0 Å². The minimum absolute atomic E-state index is 0. The van der Waals surface area contributed by atoms with E-state index in [4.69, 9.17) is 0 Å². The number of rotatable bonds is 4. The van der Waals surface area contributed by atoms with Crippen LogP contribution in [0.1, 0.15) is 66.4 Å². The normalized spacial score (nSPS) is 13.0. The minimum atomic E-state index is -0.319. The van der Waals surface area contributed by atoms with Crippen molar-refractivity contribution in [3.8, 4) is 0 Å². The van der Waals surface area contributed by atoms with Crippen LogP contribution < -0.4 is 0 Å². The Bertz CT molecular complexity index is 2140. The summed E-state index contributed by atoms with van der Waals surface area (Å²) in [6.45, 7) is 4.39. The van der Waals surface area contributed by atoms with E-state index in [0.29, 0.717) is 33.0 Å². The van der Waals surface area contributed by atoms with E-state index >= 15 is 0 Å². The molecular weight excluding hydrogens is 1110 g/mol. The predicted molar refractivity (Wildman–Crippen MR) is 193 cm³/mol. The Morgan fingerprint density at radius 3 is 0.900 bits per heavy atom. The van der Waals surface area contributed by atoms with E-state index < -0.39 is 0 Å². The molecule has 6 nitrogen and oxygen atoms in total. The van der Waals surface area contributed by atoms with Crippen molar-refractivity contribution >= 4 is 66.7 Å². The zero-order chi connectivity index (χ0) is 31.7. The summed E-state index contributed by atoms with van der Waals surface area (Å²) in [7, 11) is 0. The van der Waals surface area contributed by atoms with Gasteiger partial charge >= 0.3 is 0 Å². The minimum Gasteiger partial charge on any atom is -0.358 e. The van der Waals surface area contributed by atoms with Gasteiger partial charge in [0.2, 0.25) is 0 Å². The topological polar surface area (TPSA) is 74.8 Å². The number of carbonyl (C=O) groups is 4. The molecule has 262 valence electrons. The second-order valence-electron chi connectivity index (χ2n) is 11.5. The first kappa shape index (κ1) is 35.0. The number of imide groups is 2. The van der Waals surface area contributed by atoms with E-state index in [1.165, 1.54) is 9.80 Å². The van der Waals surface area contributed by atoms with Crippen molar-refractivity contribution in [3.63, 3.8) is 0 Å². The molecule has 0 unspecified atom stereocenters.